The van der Waals surface area contributed by atoms with Crippen LogP contribution in [0.1, 0.15) is 12.8 Å². The highest BCUT2D eigenvalue weighted by Gasteiger charge is 2.20. The van der Waals surface area contributed by atoms with Crippen molar-refractivity contribution < 1.29 is 19.8 Å². The number of carboxylic acids is 2. The molecule has 2 aliphatic rings. The van der Waals surface area contributed by atoms with E-state index in [1.807, 2.05) is 0 Å². The Labute approximate surface area is 143 Å². The summed E-state index contributed by atoms with van der Waals surface area (Å²) >= 11 is 0. The van der Waals surface area contributed by atoms with Gasteiger partial charge in [0.15, 0.2) is 0 Å². The molecule has 2 aliphatic heterocycles. The van der Waals surface area contributed by atoms with Crippen LogP contribution in [0, 0.1) is 0 Å². The van der Waals surface area contributed by atoms with Gasteiger partial charge in [0.1, 0.15) is 0 Å². The molecule has 8 heteroatoms. The summed E-state index contributed by atoms with van der Waals surface area (Å²) in [6.45, 7) is 10.7. The molecule has 0 aromatic carbocycles. The number of hydrogen-bond donors (Lipinski definition) is 2. The lowest BCUT2D eigenvalue weighted by Crippen LogP contribution is -2.42. The second-order valence-corrected chi connectivity index (χ2v) is 6.65. The van der Waals surface area contributed by atoms with Gasteiger partial charge in [-0.15, -0.1) is 0 Å². The Bertz CT molecular complexity index is 367. The molecule has 0 unspecified atom stereocenters. The first-order chi connectivity index (χ1) is 11.5. The Morgan fingerprint density at radius 1 is 0.583 bits per heavy atom. The van der Waals surface area contributed by atoms with Gasteiger partial charge < -0.3 is 20.0 Å². The van der Waals surface area contributed by atoms with E-state index in [4.69, 9.17) is 10.2 Å². The van der Waals surface area contributed by atoms with Crippen LogP contribution in [0.3, 0.4) is 0 Å². The van der Waals surface area contributed by atoms with Gasteiger partial charge in [0.25, 0.3) is 0 Å². The molecule has 2 saturated heterocycles. The molecular weight excluding hydrogens is 312 g/mol. The highest BCUT2D eigenvalue weighted by Crippen LogP contribution is 2.06. The topological polar surface area (TPSA) is 87.6 Å². The van der Waals surface area contributed by atoms with E-state index in [2.05, 4.69) is 19.6 Å². The SMILES string of the molecule is O=C(O)CCN1CCN2CCN(CCC(=O)O)CCN(CC1)CC2. The van der Waals surface area contributed by atoms with Crippen molar-refractivity contribution in [2.75, 3.05) is 78.5 Å². The van der Waals surface area contributed by atoms with Crippen molar-refractivity contribution in [3.05, 3.63) is 0 Å². The molecule has 0 aliphatic carbocycles. The smallest absolute Gasteiger partial charge is 0.304 e. The Morgan fingerprint density at radius 3 is 1.17 bits per heavy atom. The fourth-order valence-electron chi connectivity index (χ4n) is 3.26. The van der Waals surface area contributed by atoms with Gasteiger partial charge in [-0.2, -0.15) is 0 Å². The van der Waals surface area contributed by atoms with Gasteiger partial charge in [-0.1, -0.05) is 0 Å². The molecule has 0 atom stereocenters. The van der Waals surface area contributed by atoms with Crippen molar-refractivity contribution >= 4 is 11.9 Å². The van der Waals surface area contributed by atoms with E-state index in [9.17, 15) is 9.59 Å². The van der Waals surface area contributed by atoms with Crippen LogP contribution in [0.25, 0.3) is 0 Å². The van der Waals surface area contributed by atoms with Crippen molar-refractivity contribution in [2.24, 2.45) is 0 Å². The maximum absolute atomic E-state index is 10.8. The number of aliphatic carboxylic acids is 2. The molecule has 2 bridgehead atoms. The molecule has 2 heterocycles. The molecule has 138 valence electrons. The summed E-state index contributed by atoms with van der Waals surface area (Å²) in [7, 11) is 0. The van der Waals surface area contributed by atoms with Gasteiger partial charge in [0.2, 0.25) is 0 Å². The third-order valence-corrected chi connectivity index (χ3v) is 4.95. The molecule has 0 saturated carbocycles. The van der Waals surface area contributed by atoms with Gasteiger partial charge >= 0.3 is 11.9 Å². The first-order valence-electron chi connectivity index (χ1n) is 8.86. The van der Waals surface area contributed by atoms with E-state index in [-0.39, 0.29) is 12.8 Å². The molecule has 2 N–H and O–H groups in total. The van der Waals surface area contributed by atoms with E-state index < -0.39 is 11.9 Å². The first kappa shape index (κ1) is 19.1. The fraction of sp³-hybridized carbons (Fsp3) is 0.875. The highest BCUT2D eigenvalue weighted by atomic mass is 16.4. The normalized spacial score (nSPS) is 27.3. The third-order valence-electron chi connectivity index (χ3n) is 4.95. The maximum Gasteiger partial charge on any atom is 0.304 e. The molecule has 0 radical (unpaired) electrons. The third kappa shape index (κ3) is 7.12. The zero-order valence-corrected chi connectivity index (χ0v) is 14.4. The van der Waals surface area contributed by atoms with Gasteiger partial charge in [0, 0.05) is 78.5 Å². The quantitative estimate of drug-likeness (QED) is 0.647. The number of carboxylic acid groups (broad SMARTS) is 2. The van der Waals surface area contributed by atoms with E-state index in [1.54, 1.807) is 0 Å². The monoisotopic (exact) mass is 342 g/mol. The van der Waals surface area contributed by atoms with Gasteiger partial charge in [0.05, 0.1) is 12.8 Å². The van der Waals surface area contributed by atoms with Crippen LogP contribution in [-0.4, -0.2) is 120 Å². The second kappa shape index (κ2) is 9.93. The Balaban J connectivity index is 1.90. The van der Waals surface area contributed by atoms with Crippen molar-refractivity contribution in [1.82, 2.24) is 19.6 Å². The van der Waals surface area contributed by atoms with E-state index in [1.165, 1.54) is 0 Å². The standard InChI is InChI=1S/C16H30N4O4/c21-15(22)1-3-17-5-9-19-11-7-18(4-2-16(23)24)8-12-20(10-6-17)14-13-19/h1-14H2,(H,21,22)(H,23,24). The van der Waals surface area contributed by atoms with Crippen molar-refractivity contribution in [2.45, 2.75) is 12.8 Å². The number of carbonyl (C=O) groups is 2. The van der Waals surface area contributed by atoms with Crippen molar-refractivity contribution in [3.8, 4) is 0 Å². The number of rotatable bonds is 6. The molecule has 0 spiro atoms. The lowest BCUT2D eigenvalue weighted by Gasteiger charge is -2.29. The van der Waals surface area contributed by atoms with Crippen LogP contribution in [-0.2, 0) is 9.59 Å². The molecule has 0 aromatic heterocycles. The minimum absolute atomic E-state index is 0.197. The number of nitrogens with zero attached hydrogens (tertiary/aromatic N) is 4. The summed E-state index contributed by atoms with van der Waals surface area (Å²) in [5.74, 6) is -1.47. The molecule has 8 nitrogen and oxygen atoms in total. The molecule has 0 aromatic rings. The van der Waals surface area contributed by atoms with Crippen LogP contribution in [0.4, 0.5) is 0 Å². The van der Waals surface area contributed by atoms with Crippen molar-refractivity contribution in [1.29, 1.82) is 0 Å². The molecule has 0 amide bonds. The highest BCUT2D eigenvalue weighted by molar-refractivity contribution is 5.67. The minimum Gasteiger partial charge on any atom is -0.481 e. The molecular formula is C16H30N4O4. The molecule has 24 heavy (non-hydrogen) atoms. The van der Waals surface area contributed by atoms with E-state index in [0.717, 1.165) is 65.4 Å². The largest absolute Gasteiger partial charge is 0.481 e. The van der Waals surface area contributed by atoms with Crippen LogP contribution < -0.4 is 0 Å². The van der Waals surface area contributed by atoms with Gasteiger partial charge in [-0.3, -0.25) is 19.4 Å². The summed E-state index contributed by atoms with van der Waals surface area (Å²) < 4.78 is 0. The summed E-state index contributed by atoms with van der Waals surface area (Å²) in [6.07, 6.45) is 0.395. The van der Waals surface area contributed by atoms with Crippen LogP contribution in [0.5, 0.6) is 0 Å². The van der Waals surface area contributed by atoms with Gasteiger partial charge in [-0.05, 0) is 0 Å². The summed E-state index contributed by atoms with van der Waals surface area (Å²) in [6, 6.07) is 0. The van der Waals surface area contributed by atoms with Crippen molar-refractivity contribution in [3.63, 3.8) is 0 Å². The lowest BCUT2D eigenvalue weighted by atomic mass is 10.3. The molecule has 2 rings (SSSR count). The fourth-order valence-corrected chi connectivity index (χ4v) is 3.26. The summed E-state index contributed by atoms with van der Waals surface area (Å²) in [5, 5.41) is 17.8. The predicted octanol–water partition coefficient (Wildman–Crippen LogP) is -0.829. The average Bonchev–Trinajstić information content (AvgIpc) is 2.68. The Kier molecular flexibility index (Phi) is 7.90. The predicted molar refractivity (Wildman–Crippen MR) is 90.3 cm³/mol. The van der Waals surface area contributed by atoms with Crippen LogP contribution in [0.15, 0.2) is 0 Å². The second-order valence-electron chi connectivity index (χ2n) is 6.65. The summed E-state index contributed by atoms with van der Waals surface area (Å²) in [4.78, 5) is 31.0. The van der Waals surface area contributed by atoms with Crippen LogP contribution >= 0.6 is 0 Å². The minimum atomic E-state index is -0.737. The molecule has 2 fully saturated rings. The Morgan fingerprint density at radius 2 is 0.875 bits per heavy atom. The van der Waals surface area contributed by atoms with E-state index >= 15 is 0 Å². The first-order valence-corrected chi connectivity index (χ1v) is 8.86. The van der Waals surface area contributed by atoms with Gasteiger partial charge in [-0.25, -0.2) is 0 Å². The Hall–Kier alpha value is -1.22. The average molecular weight is 342 g/mol. The van der Waals surface area contributed by atoms with E-state index in [0.29, 0.717) is 13.1 Å². The zero-order chi connectivity index (χ0) is 17.4. The number of hydrogen-bond acceptors (Lipinski definition) is 6. The number of fused-ring (bicyclic) bond motifs is 3. The summed E-state index contributed by atoms with van der Waals surface area (Å²) in [5.41, 5.74) is 0. The van der Waals surface area contributed by atoms with Crippen LogP contribution in [0.2, 0.25) is 0 Å². The lowest BCUT2D eigenvalue weighted by molar-refractivity contribution is -0.138. The maximum atomic E-state index is 10.8. The zero-order valence-electron chi connectivity index (χ0n) is 14.4.